The fourth-order valence-corrected chi connectivity index (χ4v) is 1.45. The summed E-state index contributed by atoms with van der Waals surface area (Å²) >= 11 is 5.80. The predicted molar refractivity (Wildman–Crippen MR) is 68.9 cm³/mol. The first kappa shape index (κ1) is 13.5. The smallest absolute Gasteiger partial charge is 0.322 e. The highest BCUT2D eigenvalue weighted by molar-refractivity contribution is 6.28. The lowest BCUT2D eigenvalue weighted by Gasteiger charge is -2.09. The van der Waals surface area contributed by atoms with E-state index in [1.54, 1.807) is 18.1 Å². The number of nitrogens with one attached hydrogen (secondary N) is 1. The zero-order valence-electron chi connectivity index (χ0n) is 10.8. The fraction of sp³-hybridized carbons (Fsp3) is 0.500. The molecule has 0 atom stereocenters. The normalized spacial score (nSPS) is 10.8. The van der Waals surface area contributed by atoms with Crippen molar-refractivity contribution in [1.82, 2.24) is 29.7 Å². The highest BCUT2D eigenvalue weighted by Gasteiger charge is 2.08. The first-order valence-electron chi connectivity index (χ1n) is 5.69. The molecule has 1 N–H and O–H groups in total. The van der Waals surface area contributed by atoms with Crippen molar-refractivity contribution in [2.75, 3.05) is 5.32 Å². The van der Waals surface area contributed by atoms with Crippen LogP contribution in [0.25, 0.3) is 0 Å². The van der Waals surface area contributed by atoms with Gasteiger partial charge in [-0.3, -0.25) is 4.68 Å². The Balaban J connectivity index is 2.05. The lowest BCUT2D eigenvalue weighted by atomic mass is 10.5. The van der Waals surface area contributed by atoms with Crippen LogP contribution in [0.5, 0.6) is 6.01 Å². The molecule has 0 amide bonds. The molecule has 2 heterocycles. The molecule has 0 saturated heterocycles. The number of nitrogens with zero attached hydrogens (tertiary/aromatic N) is 6. The van der Waals surface area contributed by atoms with E-state index in [9.17, 15) is 0 Å². The number of aryl methyl sites for hydroxylation is 1. The summed E-state index contributed by atoms with van der Waals surface area (Å²) in [7, 11) is 1.80. The van der Waals surface area contributed by atoms with E-state index < -0.39 is 0 Å². The lowest BCUT2D eigenvalue weighted by Crippen LogP contribution is -2.12. The van der Waals surface area contributed by atoms with Crippen LogP contribution in [0.15, 0.2) is 6.33 Å². The van der Waals surface area contributed by atoms with Crippen molar-refractivity contribution in [1.29, 1.82) is 0 Å². The second kappa shape index (κ2) is 5.79. The molecule has 0 aromatic carbocycles. The minimum Gasteiger partial charge on any atom is -0.461 e. The average Bonchev–Trinajstić information content (AvgIpc) is 2.71. The van der Waals surface area contributed by atoms with E-state index in [2.05, 4.69) is 30.4 Å². The number of rotatable bonds is 5. The third-order valence-electron chi connectivity index (χ3n) is 1.98. The van der Waals surface area contributed by atoms with Gasteiger partial charge in [-0.15, -0.1) is 0 Å². The largest absolute Gasteiger partial charge is 0.461 e. The van der Waals surface area contributed by atoms with Crippen molar-refractivity contribution >= 4 is 17.5 Å². The molecule has 2 aromatic rings. The minimum atomic E-state index is -0.0382. The van der Waals surface area contributed by atoms with Crippen molar-refractivity contribution in [3.05, 3.63) is 17.4 Å². The summed E-state index contributed by atoms with van der Waals surface area (Å²) < 4.78 is 6.99. The Morgan fingerprint density at radius 1 is 1.37 bits per heavy atom. The first-order chi connectivity index (χ1) is 9.02. The molecule has 0 bridgehead atoms. The highest BCUT2D eigenvalue weighted by atomic mass is 35.5. The van der Waals surface area contributed by atoms with Crippen LogP contribution in [0.4, 0.5) is 5.95 Å². The van der Waals surface area contributed by atoms with Gasteiger partial charge in [-0.05, 0) is 25.4 Å². The summed E-state index contributed by atoms with van der Waals surface area (Å²) in [6.45, 7) is 4.15. The van der Waals surface area contributed by atoms with Gasteiger partial charge in [0.25, 0.3) is 0 Å². The average molecular weight is 284 g/mol. The molecular weight excluding hydrogens is 270 g/mol. The zero-order chi connectivity index (χ0) is 13.8. The molecule has 2 aromatic heterocycles. The van der Waals surface area contributed by atoms with Gasteiger partial charge in [0.2, 0.25) is 11.2 Å². The van der Waals surface area contributed by atoms with Crippen LogP contribution in [0, 0.1) is 0 Å². The van der Waals surface area contributed by atoms with Crippen molar-refractivity contribution < 1.29 is 4.74 Å². The van der Waals surface area contributed by atoms with E-state index in [0.717, 1.165) is 0 Å². The Labute approximate surface area is 115 Å². The van der Waals surface area contributed by atoms with Gasteiger partial charge in [-0.1, -0.05) is 0 Å². The number of aromatic nitrogens is 6. The molecule has 0 fully saturated rings. The maximum Gasteiger partial charge on any atom is 0.322 e. The van der Waals surface area contributed by atoms with E-state index in [0.29, 0.717) is 18.3 Å². The van der Waals surface area contributed by atoms with E-state index in [-0.39, 0.29) is 17.4 Å². The third-order valence-corrected chi connectivity index (χ3v) is 2.15. The molecule has 8 nitrogen and oxygen atoms in total. The molecule has 0 aliphatic carbocycles. The fourth-order valence-electron chi connectivity index (χ4n) is 1.30. The van der Waals surface area contributed by atoms with Crippen LogP contribution in [0.2, 0.25) is 5.28 Å². The Morgan fingerprint density at radius 3 is 2.79 bits per heavy atom. The van der Waals surface area contributed by atoms with Crippen molar-refractivity contribution in [2.45, 2.75) is 26.5 Å². The second-order valence-corrected chi connectivity index (χ2v) is 4.40. The predicted octanol–water partition coefficient (Wildman–Crippen LogP) is 1.05. The topological polar surface area (TPSA) is 90.6 Å². The molecular formula is C10H14ClN7O. The van der Waals surface area contributed by atoms with Gasteiger partial charge < -0.3 is 10.1 Å². The van der Waals surface area contributed by atoms with Crippen LogP contribution >= 0.6 is 11.6 Å². The van der Waals surface area contributed by atoms with Crippen LogP contribution in [0.1, 0.15) is 19.7 Å². The minimum absolute atomic E-state index is 0.0382. The number of hydrogen-bond acceptors (Lipinski definition) is 7. The molecule has 0 unspecified atom stereocenters. The summed E-state index contributed by atoms with van der Waals surface area (Å²) in [6, 6.07) is 0.187. The number of anilines is 1. The van der Waals surface area contributed by atoms with E-state index in [4.69, 9.17) is 16.3 Å². The maximum atomic E-state index is 5.80. The van der Waals surface area contributed by atoms with Crippen LogP contribution in [-0.2, 0) is 13.6 Å². The standard InChI is InChI=1S/C10H14ClN7O/c1-6(2)19-10-15-8(11)14-9(16-10)12-4-7-13-5-18(3)17-7/h5-6H,4H2,1-3H3,(H,12,14,15,16). The summed E-state index contributed by atoms with van der Waals surface area (Å²) in [5.74, 6) is 0.952. The van der Waals surface area contributed by atoms with Gasteiger partial charge in [0.1, 0.15) is 6.33 Å². The van der Waals surface area contributed by atoms with Crippen molar-refractivity contribution in [3.8, 4) is 6.01 Å². The number of halogens is 1. The molecule has 0 aliphatic rings. The summed E-state index contributed by atoms with van der Waals surface area (Å²) in [5.41, 5.74) is 0. The quantitative estimate of drug-likeness (QED) is 0.877. The highest BCUT2D eigenvalue weighted by Crippen LogP contribution is 2.12. The van der Waals surface area contributed by atoms with Gasteiger partial charge in [0.15, 0.2) is 5.82 Å². The number of ether oxygens (including phenoxy) is 1. The Bertz CT molecular complexity index is 557. The monoisotopic (exact) mass is 283 g/mol. The van der Waals surface area contributed by atoms with Crippen LogP contribution in [0.3, 0.4) is 0 Å². The van der Waals surface area contributed by atoms with Crippen molar-refractivity contribution in [2.24, 2.45) is 7.05 Å². The molecule has 0 saturated carbocycles. The summed E-state index contributed by atoms with van der Waals surface area (Å²) in [4.78, 5) is 16.0. The molecule has 19 heavy (non-hydrogen) atoms. The molecule has 102 valence electrons. The third kappa shape index (κ3) is 4.02. The second-order valence-electron chi connectivity index (χ2n) is 4.07. The SMILES string of the molecule is CC(C)Oc1nc(Cl)nc(NCc2ncn(C)n2)n1. The van der Waals surface area contributed by atoms with Crippen LogP contribution < -0.4 is 10.1 Å². The Kier molecular flexibility index (Phi) is 4.10. The van der Waals surface area contributed by atoms with Gasteiger partial charge in [-0.25, -0.2) is 4.98 Å². The molecule has 9 heteroatoms. The van der Waals surface area contributed by atoms with Crippen LogP contribution in [-0.4, -0.2) is 35.8 Å². The Morgan fingerprint density at radius 2 is 2.16 bits per heavy atom. The van der Waals surface area contributed by atoms with E-state index in [1.807, 2.05) is 13.8 Å². The first-order valence-corrected chi connectivity index (χ1v) is 6.07. The maximum absolute atomic E-state index is 5.80. The van der Waals surface area contributed by atoms with Gasteiger partial charge >= 0.3 is 6.01 Å². The van der Waals surface area contributed by atoms with Gasteiger partial charge in [0.05, 0.1) is 12.6 Å². The van der Waals surface area contributed by atoms with Crippen molar-refractivity contribution in [3.63, 3.8) is 0 Å². The number of hydrogen-bond donors (Lipinski definition) is 1. The van der Waals surface area contributed by atoms with Gasteiger partial charge in [-0.2, -0.15) is 20.1 Å². The molecule has 0 aliphatic heterocycles. The van der Waals surface area contributed by atoms with E-state index in [1.165, 1.54) is 0 Å². The molecule has 0 radical (unpaired) electrons. The van der Waals surface area contributed by atoms with E-state index >= 15 is 0 Å². The zero-order valence-corrected chi connectivity index (χ0v) is 11.6. The molecule has 0 spiro atoms. The van der Waals surface area contributed by atoms with Gasteiger partial charge in [0, 0.05) is 7.05 Å². The molecule has 2 rings (SSSR count). The summed E-state index contributed by atoms with van der Waals surface area (Å²) in [6.07, 6.45) is 1.58. The lowest BCUT2D eigenvalue weighted by molar-refractivity contribution is 0.222. The summed E-state index contributed by atoms with van der Waals surface area (Å²) in [5, 5.41) is 7.16. The Hall–Kier alpha value is -1.96.